The summed E-state index contributed by atoms with van der Waals surface area (Å²) in [6.07, 6.45) is 2.51. The van der Waals surface area contributed by atoms with E-state index in [1.165, 1.54) is 0 Å². The van der Waals surface area contributed by atoms with E-state index in [0.29, 0.717) is 12.8 Å². The first-order valence-electron chi connectivity index (χ1n) is 7.46. The normalized spacial score (nSPS) is 26.2. The Balaban J connectivity index is 1.72. The van der Waals surface area contributed by atoms with Crippen LogP contribution < -0.4 is 5.32 Å². The van der Waals surface area contributed by atoms with Crippen molar-refractivity contribution in [3.05, 3.63) is 24.0 Å². The van der Waals surface area contributed by atoms with Gasteiger partial charge in [0, 0.05) is 19.3 Å². The van der Waals surface area contributed by atoms with E-state index in [0.717, 1.165) is 11.4 Å². The number of nitrogens with one attached hydrogen (secondary N) is 1. The van der Waals surface area contributed by atoms with Gasteiger partial charge in [-0.05, 0) is 45.7 Å². The van der Waals surface area contributed by atoms with Crippen LogP contribution in [-0.2, 0) is 14.9 Å². The number of ether oxygens (including phenoxy) is 1. The van der Waals surface area contributed by atoms with Crippen molar-refractivity contribution < 1.29 is 14.3 Å². The lowest BCUT2D eigenvalue weighted by molar-refractivity contribution is -0.126. The molecule has 0 aromatic carbocycles. The number of amides is 2. The van der Waals surface area contributed by atoms with E-state index < -0.39 is 11.0 Å². The van der Waals surface area contributed by atoms with Crippen LogP contribution in [0.25, 0.3) is 0 Å². The van der Waals surface area contributed by atoms with Crippen molar-refractivity contribution in [1.29, 1.82) is 0 Å². The van der Waals surface area contributed by atoms with Gasteiger partial charge in [0.1, 0.15) is 5.60 Å². The zero-order valence-corrected chi connectivity index (χ0v) is 13.3. The summed E-state index contributed by atoms with van der Waals surface area (Å²) in [5.41, 5.74) is 0.475. The Kier molecular flexibility index (Phi) is 3.16. The van der Waals surface area contributed by atoms with Crippen LogP contribution >= 0.6 is 0 Å². The van der Waals surface area contributed by atoms with Gasteiger partial charge in [0.2, 0.25) is 5.91 Å². The minimum atomic E-state index is -0.586. The molecule has 2 heterocycles. The molecule has 3 rings (SSSR count). The molecule has 2 aliphatic rings. The molecule has 6 nitrogen and oxygen atoms in total. The average Bonchev–Trinajstić information content (AvgIpc) is 2.66. The summed E-state index contributed by atoms with van der Waals surface area (Å²) in [5, 5.41) is 2.88. The topological polar surface area (TPSA) is 71.5 Å². The van der Waals surface area contributed by atoms with E-state index in [4.69, 9.17) is 4.74 Å². The largest absolute Gasteiger partial charge is 0.444 e. The van der Waals surface area contributed by atoms with Crippen LogP contribution in [0.1, 0.15) is 39.3 Å². The molecule has 0 saturated heterocycles. The Labute approximate surface area is 129 Å². The van der Waals surface area contributed by atoms with Gasteiger partial charge in [0.25, 0.3) is 0 Å². The summed E-state index contributed by atoms with van der Waals surface area (Å²) >= 11 is 0. The number of fused-ring (bicyclic) bond motifs is 2. The maximum Gasteiger partial charge on any atom is 0.410 e. The number of nitrogens with zero attached hydrogens (tertiary/aromatic N) is 2. The first-order valence-corrected chi connectivity index (χ1v) is 7.46. The third-order valence-electron chi connectivity index (χ3n) is 4.34. The number of hydrogen-bond donors (Lipinski definition) is 1. The van der Waals surface area contributed by atoms with E-state index in [9.17, 15) is 9.59 Å². The Bertz CT molecular complexity index is 630. The van der Waals surface area contributed by atoms with Gasteiger partial charge in [-0.15, -0.1) is 0 Å². The SMILES string of the molecule is CN(C(=O)OC(C)(C)C)C1CC2(C1)C(=O)Nc1cccnc12. The second kappa shape index (κ2) is 4.69. The van der Waals surface area contributed by atoms with E-state index >= 15 is 0 Å². The van der Waals surface area contributed by atoms with Crippen molar-refractivity contribution in [3.63, 3.8) is 0 Å². The third kappa shape index (κ3) is 2.23. The smallest absolute Gasteiger partial charge is 0.410 e. The summed E-state index contributed by atoms with van der Waals surface area (Å²) in [6, 6.07) is 3.66. The van der Waals surface area contributed by atoms with E-state index in [1.54, 1.807) is 24.2 Å². The molecular formula is C16H21N3O3. The molecule has 1 spiro atoms. The predicted molar refractivity (Wildman–Crippen MR) is 81.6 cm³/mol. The van der Waals surface area contributed by atoms with Gasteiger partial charge < -0.3 is 15.0 Å². The number of carbonyl (C=O) groups is 2. The quantitative estimate of drug-likeness (QED) is 0.864. The Hall–Kier alpha value is -2.11. The van der Waals surface area contributed by atoms with Gasteiger partial charge in [-0.25, -0.2) is 4.79 Å². The molecule has 0 bridgehead atoms. The number of rotatable bonds is 1. The average molecular weight is 303 g/mol. The second-order valence-corrected chi connectivity index (χ2v) is 7.09. The number of aromatic nitrogens is 1. The minimum Gasteiger partial charge on any atom is -0.444 e. The summed E-state index contributed by atoms with van der Waals surface area (Å²) in [5.74, 6) is -0.0185. The standard InChI is InChI=1S/C16H21N3O3/c1-15(2,3)22-14(21)19(4)10-8-16(9-10)12-11(18-13(16)20)6-5-7-17-12/h5-7,10H,8-9H2,1-4H3,(H,18,20). The van der Waals surface area contributed by atoms with Crippen LogP contribution in [0.4, 0.5) is 10.5 Å². The fourth-order valence-corrected chi connectivity index (χ4v) is 3.12. The predicted octanol–water partition coefficient (Wildman–Crippen LogP) is 2.30. The van der Waals surface area contributed by atoms with Crippen LogP contribution in [0.15, 0.2) is 18.3 Å². The maximum absolute atomic E-state index is 12.3. The van der Waals surface area contributed by atoms with Crippen molar-refractivity contribution in [2.75, 3.05) is 12.4 Å². The molecule has 1 aliphatic heterocycles. The van der Waals surface area contributed by atoms with Gasteiger partial charge in [-0.1, -0.05) is 0 Å². The molecular weight excluding hydrogens is 282 g/mol. The first kappa shape index (κ1) is 14.8. The lowest BCUT2D eigenvalue weighted by Crippen LogP contribution is -2.57. The fraction of sp³-hybridized carbons (Fsp3) is 0.562. The van der Waals surface area contributed by atoms with Crippen molar-refractivity contribution in [2.24, 2.45) is 0 Å². The van der Waals surface area contributed by atoms with Gasteiger partial charge in [-0.3, -0.25) is 9.78 Å². The molecule has 1 fully saturated rings. The molecule has 22 heavy (non-hydrogen) atoms. The van der Waals surface area contributed by atoms with Crippen molar-refractivity contribution >= 4 is 17.7 Å². The fourth-order valence-electron chi connectivity index (χ4n) is 3.12. The van der Waals surface area contributed by atoms with Crippen molar-refractivity contribution in [3.8, 4) is 0 Å². The molecule has 0 radical (unpaired) electrons. The zero-order valence-electron chi connectivity index (χ0n) is 13.3. The molecule has 2 amide bonds. The Morgan fingerprint density at radius 3 is 2.77 bits per heavy atom. The van der Waals surface area contributed by atoms with Crippen molar-refractivity contribution in [2.45, 2.75) is 50.7 Å². The van der Waals surface area contributed by atoms with Crippen molar-refractivity contribution in [1.82, 2.24) is 9.88 Å². The second-order valence-electron chi connectivity index (χ2n) is 7.09. The minimum absolute atomic E-state index is 0.00597. The highest BCUT2D eigenvalue weighted by atomic mass is 16.6. The molecule has 1 aromatic heterocycles. The molecule has 0 atom stereocenters. The highest BCUT2D eigenvalue weighted by molar-refractivity contribution is 6.06. The van der Waals surface area contributed by atoms with E-state index in [1.807, 2.05) is 26.8 Å². The van der Waals surface area contributed by atoms with Crippen LogP contribution in [0, 0.1) is 0 Å². The number of anilines is 1. The third-order valence-corrected chi connectivity index (χ3v) is 4.34. The Morgan fingerprint density at radius 2 is 2.14 bits per heavy atom. The number of pyridine rings is 1. The summed E-state index contributed by atoms with van der Waals surface area (Å²) in [7, 11) is 1.72. The van der Waals surface area contributed by atoms with Crippen LogP contribution in [0.2, 0.25) is 0 Å². The molecule has 1 N–H and O–H groups in total. The molecule has 1 saturated carbocycles. The molecule has 1 aliphatic carbocycles. The highest BCUT2D eigenvalue weighted by Gasteiger charge is 2.58. The summed E-state index contributed by atoms with van der Waals surface area (Å²) in [6.45, 7) is 5.52. The summed E-state index contributed by atoms with van der Waals surface area (Å²) < 4.78 is 5.37. The van der Waals surface area contributed by atoms with Crippen LogP contribution in [-0.4, -0.2) is 40.6 Å². The number of carbonyl (C=O) groups excluding carboxylic acids is 2. The zero-order chi connectivity index (χ0) is 16.1. The maximum atomic E-state index is 12.3. The highest BCUT2D eigenvalue weighted by Crippen LogP contribution is 2.51. The molecule has 118 valence electrons. The number of hydrogen-bond acceptors (Lipinski definition) is 4. The lowest BCUT2D eigenvalue weighted by atomic mass is 9.63. The molecule has 0 unspecified atom stereocenters. The molecule has 6 heteroatoms. The first-order chi connectivity index (χ1) is 10.2. The van der Waals surface area contributed by atoms with E-state index in [2.05, 4.69) is 10.3 Å². The van der Waals surface area contributed by atoms with Gasteiger partial charge in [0.05, 0.1) is 16.8 Å². The Morgan fingerprint density at radius 1 is 1.45 bits per heavy atom. The van der Waals surface area contributed by atoms with Crippen LogP contribution in [0.3, 0.4) is 0 Å². The molecule has 1 aromatic rings. The van der Waals surface area contributed by atoms with Gasteiger partial charge in [-0.2, -0.15) is 0 Å². The lowest BCUT2D eigenvalue weighted by Gasteiger charge is -2.46. The van der Waals surface area contributed by atoms with E-state index in [-0.39, 0.29) is 18.0 Å². The van der Waals surface area contributed by atoms with Gasteiger partial charge >= 0.3 is 6.09 Å². The van der Waals surface area contributed by atoms with Crippen LogP contribution in [0.5, 0.6) is 0 Å². The monoisotopic (exact) mass is 303 g/mol. The van der Waals surface area contributed by atoms with Gasteiger partial charge in [0.15, 0.2) is 0 Å². The summed E-state index contributed by atoms with van der Waals surface area (Å²) in [4.78, 5) is 30.4.